The van der Waals surface area contributed by atoms with Gasteiger partial charge in [-0.2, -0.15) is 0 Å². The number of benzene rings is 1. The van der Waals surface area contributed by atoms with E-state index in [-0.39, 0.29) is 6.42 Å². The number of carboxylic acids is 2. The zero-order chi connectivity index (χ0) is 12.8. The lowest BCUT2D eigenvalue weighted by atomic mass is 10.3. The molecular weight excluding hydrogens is 224 g/mol. The van der Waals surface area contributed by atoms with Gasteiger partial charge in [0, 0.05) is 6.92 Å². The molecule has 0 unspecified atom stereocenters. The van der Waals surface area contributed by atoms with Crippen LogP contribution in [0.15, 0.2) is 24.3 Å². The van der Waals surface area contributed by atoms with Crippen LogP contribution in [0.3, 0.4) is 0 Å². The number of hydrogen-bond acceptors (Lipinski definition) is 3. The number of aromatic amines is 1. The topological polar surface area (TPSA) is 103 Å². The molecule has 0 aliphatic carbocycles. The summed E-state index contributed by atoms with van der Waals surface area (Å²) in [6.07, 6.45) is -0.0608. The first-order valence-electron chi connectivity index (χ1n) is 4.84. The first-order valence-corrected chi connectivity index (χ1v) is 4.84. The molecule has 2 rings (SSSR count). The second-order valence-corrected chi connectivity index (χ2v) is 3.29. The van der Waals surface area contributed by atoms with E-state index in [0.717, 1.165) is 18.0 Å². The zero-order valence-electron chi connectivity index (χ0n) is 9.17. The van der Waals surface area contributed by atoms with Crippen LogP contribution in [0.5, 0.6) is 0 Å². The molecule has 0 bridgehead atoms. The molecule has 0 aliphatic heterocycles. The fourth-order valence-corrected chi connectivity index (χ4v) is 1.23. The number of nitrogens with one attached hydrogen (secondary N) is 1. The highest BCUT2D eigenvalue weighted by Crippen LogP contribution is 2.10. The summed E-state index contributed by atoms with van der Waals surface area (Å²) in [5, 5.41) is 15.9. The van der Waals surface area contributed by atoms with Gasteiger partial charge in [-0.15, -0.1) is 0 Å². The van der Waals surface area contributed by atoms with Crippen molar-refractivity contribution in [1.29, 1.82) is 0 Å². The van der Waals surface area contributed by atoms with Crippen LogP contribution in [0.1, 0.15) is 12.7 Å². The van der Waals surface area contributed by atoms with Gasteiger partial charge < -0.3 is 15.2 Å². The Morgan fingerprint density at radius 1 is 1.29 bits per heavy atom. The number of H-pyrrole nitrogens is 1. The number of carboxylic acid groups (broad SMARTS) is 2. The molecule has 1 aromatic heterocycles. The van der Waals surface area contributed by atoms with Gasteiger partial charge in [-0.05, 0) is 12.1 Å². The van der Waals surface area contributed by atoms with E-state index in [1.807, 2.05) is 24.3 Å². The maximum Gasteiger partial charge on any atom is 0.311 e. The van der Waals surface area contributed by atoms with Crippen molar-refractivity contribution in [3.63, 3.8) is 0 Å². The Hall–Kier alpha value is -2.37. The number of hydrogen-bond donors (Lipinski definition) is 3. The first-order chi connectivity index (χ1) is 7.99. The maximum absolute atomic E-state index is 10.4. The molecule has 2 aromatic rings. The highest BCUT2D eigenvalue weighted by atomic mass is 16.4. The average Bonchev–Trinajstić information content (AvgIpc) is 2.57. The van der Waals surface area contributed by atoms with Crippen molar-refractivity contribution in [1.82, 2.24) is 9.97 Å². The molecule has 3 N–H and O–H groups in total. The predicted octanol–water partition coefficient (Wildman–Crippen LogP) is 1.28. The molecule has 0 saturated carbocycles. The van der Waals surface area contributed by atoms with Crippen LogP contribution in [0.25, 0.3) is 11.0 Å². The van der Waals surface area contributed by atoms with Crippen LogP contribution >= 0.6 is 0 Å². The molecule has 6 heteroatoms. The van der Waals surface area contributed by atoms with Gasteiger partial charge >= 0.3 is 5.97 Å². The average molecular weight is 236 g/mol. The molecule has 0 fully saturated rings. The second kappa shape index (κ2) is 5.64. The summed E-state index contributed by atoms with van der Waals surface area (Å²) in [6.45, 7) is 1.08. The summed E-state index contributed by atoms with van der Waals surface area (Å²) in [5.74, 6) is -1.22. The van der Waals surface area contributed by atoms with E-state index in [1.165, 1.54) is 0 Å². The Morgan fingerprint density at radius 2 is 1.88 bits per heavy atom. The van der Waals surface area contributed by atoms with Crippen LogP contribution in [0, 0.1) is 0 Å². The van der Waals surface area contributed by atoms with E-state index in [9.17, 15) is 4.79 Å². The summed E-state index contributed by atoms with van der Waals surface area (Å²) in [6, 6.07) is 7.46. The molecule has 0 saturated heterocycles. The summed E-state index contributed by atoms with van der Waals surface area (Å²) >= 11 is 0. The van der Waals surface area contributed by atoms with Gasteiger partial charge in [0.2, 0.25) is 0 Å². The monoisotopic (exact) mass is 236 g/mol. The number of para-hydroxylation sites is 2. The van der Waals surface area contributed by atoms with Crippen molar-refractivity contribution in [2.24, 2.45) is 0 Å². The Balaban J connectivity index is 0.000000317. The summed E-state index contributed by atoms with van der Waals surface area (Å²) < 4.78 is 0. The molecule has 0 atom stereocenters. The fraction of sp³-hybridized carbons (Fsp3) is 0.182. The summed E-state index contributed by atoms with van der Waals surface area (Å²) in [4.78, 5) is 26.4. The quantitative estimate of drug-likeness (QED) is 0.728. The van der Waals surface area contributed by atoms with Crippen LogP contribution in [-0.4, -0.2) is 32.1 Å². The highest BCUT2D eigenvalue weighted by Gasteiger charge is 2.05. The van der Waals surface area contributed by atoms with E-state index >= 15 is 0 Å². The smallest absolute Gasteiger partial charge is 0.311 e. The van der Waals surface area contributed by atoms with Gasteiger partial charge in [0.1, 0.15) is 12.2 Å². The predicted molar refractivity (Wildman–Crippen MR) is 60.7 cm³/mol. The lowest BCUT2D eigenvalue weighted by Crippen LogP contribution is -2.01. The van der Waals surface area contributed by atoms with E-state index < -0.39 is 11.9 Å². The third kappa shape index (κ3) is 4.33. The van der Waals surface area contributed by atoms with Gasteiger partial charge in [0.15, 0.2) is 0 Å². The Labute approximate surface area is 96.9 Å². The lowest BCUT2D eigenvalue weighted by Gasteiger charge is -1.86. The van der Waals surface area contributed by atoms with Gasteiger partial charge in [-0.3, -0.25) is 9.59 Å². The third-order valence-corrected chi connectivity index (χ3v) is 1.76. The van der Waals surface area contributed by atoms with Crippen molar-refractivity contribution < 1.29 is 19.8 Å². The molecule has 0 spiro atoms. The molecule has 1 heterocycles. The number of rotatable bonds is 2. The molecule has 90 valence electrons. The van der Waals surface area contributed by atoms with Crippen molar-refractivity contribution in [2.75, 3.05) is 0 Å². The molecule has 0 aliphatic rings. The van der Waals surface area contributed by atoms with Crippen molar-refractivity contribution in [3.05, 3.63) is 30.1 Å². The van der Waals surface area contributed by atoms with Crippen molar-refractivity contribution in [3.8, 4) is 0 Å². The van der Waals surface area contributed by atoms with Crippen LogP contribution < -0.4 is 0 Å². The van der Waals surface area contributed by atoms with Crippen LogP contribution in [0.4, 0.5) is 0 Å². The number of nitrogens with zero attached hydrogens (tertiary/aromatic N) is 1. The summed E-state index contributed by atoms with van der Waals surface area (Å²) in [7, 11) is 0. The standard InChI is InChI=1S/C9H8N2O2.C2H4O2/c12-9(13)5-8-10-6-3-1-2-4-7(6)11-8;1-2(3)4/h1-4H,5H2,(H,10,11)(H,12,13);1H3,(H,3,4). The van der Waals surface area contributed by atoms with Gasteiger partial charge in [-0.25, -0.2) is 4.98 Å². The van der Waals surface area contributed by atoms with Gasteiger partial charge in [0.25, 0.3) is 5.97 Å². The Morgan fingerprint density at radius 3 is 2.41 bits per heavy atom. The minimum Gasteiger partial charge on any atom is -0.481 e. The fourth-order valence-electron chi connectivity index (χ4n) is 1.23. The van der Waals surface area contributed by atoms with Crippen LogP contribution in [-0.2, 0) is 16.0 Å². The number of carbonyl (C=O) groups is 2. The SMILES string of the molecule is CC(=O)O.O=C(O)Cc1nc2ccccc2[nH]1. The zero-order valence-corrected chi connectivity index (χ0v) is 9.17. The molecule has 6 nitrogen and oxygen atoms in total. The highest BCUT2D eigenvalue weighted by molar-refractivity contribution is 5.76. The Bertz CT molecular complexity index is 496. The van der Waals surface area contributed by atoms with Crippen molar-refractivity contribution in [2.45, 2.75) is 13.3 Å². The van der Waals surface area contributed by atoms with Gasteiger partial charge in [-0.1, -0.05) is 12.1 Å². The minimum absolute atomic E-state index is 0.0608. The first kappa shape index (κ1) is 12.7. The van der Waals surface area contributed by atoms with E-state index in [4.69, 9.17) is 15.0 Å². The van der Waals surface area contributed by atoms with E-state index in [2.05, 4.69) is 9.97 Å². The number of aliphatic carboxylic acids is 2. The largest absolute Gasteiger partial charge is 0.481 e. The molecule has 1 aromatic carbocycles. The molecule has 0 radical (unpaired) electrons. The maximum atomic E-state index is 10.4. The lowest BCUT2D eigenvalue weighted by molar-refractivity contribution is -0.136. The Kier molecular flexibility index (Phi) is 4.21. The third-order valence-electron chi connectivity index (χ3n) is 1.76. The molecular formula is C11H12N2O4. The van der Waals surface area contributed by atoms with Crippen molar-refractivity contribution >= 4 is 23.0 Å². The molecule has 17 heavy (non-hydrogen) atoms. The minimum atomic E-state index is -0.876. The number of aromatic nitrogens is 2. The van der Waals surface area contributed by atoms with E-state index in [0.29, 0.717) is 5.82 Å². The number of imidazole rings is 1. The number of fused-ring (bicyclic) bond motifs is 1. The van der Waals surface area contributed by atoms with Gasteiger partial charge in [0.05, 0.1) is 11.0 Å². The summed E-state index contributed by atoms with van der Waals surface area (Å²) in [5.41, 5.74) is 1.68. The van der Waals surface area contributed by atoms with Crippen LogP contribution in [0.2, 0.25) is 0 Å². The molecule has 0 amide bonds. The van der Waals surface area contributed by atoms with E-state index in [1.54, 1.807) is 0 Å². The second-order valence-electron chi connectivity index (χ2n) is 3.29. The normalized spacial score (nSPS) is 9.47.